The summed E-state index contributed by atoms with van der Waals surface area (Å²) >= 11 is 0. The molecule has 11 aromatic rings. The molecule has 3 heterocycles. The third kappa shape index (κ3) is 5.46. The molecular weight excluding hydrogens is 779 g/mol. The van der Waals surface area contributed by atoms with Gasteiger partial charge in [-0.1, -0.05) is 194 Å². The molecule has 0 saturated carbocycles. The molecule has 4 heteroatoms. The van der Waals surface area contributed by atoms with Crippen LogP contribution in [0, 0.1) is 0 Å². The first-order chi connectivity index (χ1) is 31.7. The van der Waals surface area contributed by atoms with Crippen molar-refractivity contribution in [2.24, 2.45) is 0 Å². The summed E-state index contributed by atoms with van der Waals surface area (Å²) in [4.78, 5) is 15.7. The fourth-order valence-electron chi connectivity index (χ4n) is 10.4. The molecule has 0 saturated heterocycles. The zero-order valence-corrected chi connectivity index (χ0v) is 34.6. The Bertz CT molecular complexity index is 3540. The summed E-state index contributed by atoms with van der Waals surface area (Å²) < 4.78 is 6.66. The topological polar surface area (TPSA) is 47.9 Å². The van der Waals surface area contributed by atoms with E-state index in [-0.39, 0.29) is 0 Å². The molecule has 64 heavy (non-hydrogen) atoms. The molecule has 1 aliphatic carbocycles. The molecule has 0 N–H and O–H groups in total. The van der Waals surface area contributed by atoms with Crippen molar-refractivity contribution in [3.63, 3.8) is 0 Å². The van der Waals surface area contributed by atoms with Gasteiger partial charge in [-0.15, -0.1) is 0 Å². The van der Waals surface area contributed by atoms with E-state index >= 15 is 0 Å². The van der Waals surface area contributed by atoms with Crippen LogP contribution in [-0.2, 0) is 5.41 Å². The zero-order chi connectivity index (χ0) is 42.2. The number of ether oxygens (including phenoxy) is 1. The van der Waals surface area contributed by atoms with Crippen LogP contribution in [0.15, 0.2) is 224 Å². The van der Waals surface area contributed by atoms with Gasteiger partial charge in [0.2, 0.25) is 0 Å². The Morgan fingerprint density at radius 3 is 1.61 bits per heavy atom. The molecule has 2 aliphatic rings. The van der Waals surface area contributed by atoms with Crippen molar-refractivity contribution in [1.29, 1.82) is 0 Å². The number of pyridine rings is 1. The number of hydrogen-bond acceptors (Lipinski definition) is 4. The first kappa shape index (κ1) is 36.2. The number of benzene rings is 9. The molecule has 9 aromatic carbocycles. The van der Waals surface area contributed by atoms with Crippen molar-refractivity contribution in [3.05, 3.63) is 247 Å². The molecule has 0 fully saturated rings. The number of hydrogen-bond donors (Lipinski definition) is 0. The standard InChI is InChI=1S/C60H37N3O/c1-4-17-38(18-5-1)51-37-52(63-59(62-51)40-21-8-3-9-22-40)43-24-16-23-41(35-43)42-31-32-45-53(36-42)61-58(39-19-6-2-7-20-39)46-33-34-50-57(56(45)46)44-25-10-11-26-47(44)60(50)48-27-12-14-29-54(48)64-55-30-15-13-28-49(55)60/h1-37H. The Morgan fingerprint density at radius 1 is 0.344 bits per heavy atom. The van der Waals surface area contributed by atoms with E-state index in [1.54, 1.807) is 0 Å². The van der Waals surface area contributed by atoms with E-state index in [9.17, 15) is 0 Å². The van der Waals surface area contributed by atoms with Gasteiger partial charge in [0.1, 0.15) is 11.5 Å². The van der Waals surface area contributed by atoms with Crippen LogP contribution < -0.4 is 4.74 Å². The van der Waals surface area contributed by atoms with E-state index in [1.807, 2.05) is 36.4 Å². The molecule has 0 amide bonds. The highest BCUT2D eigenvalue weighted by molar-refractivity contribution is 6.20. The van der Waals surface area contributed by atoms with Gasteiger partial charge in [-0.2, -0.15) is 0 Å². The van der Waals surface area contributed by atoms with Gasteiger partial charge >= 0.3 is 0 Å². The molecule has 0 unspecified atom stereocenters. The fraction of sp³-hybridized carbons (Fsp3) is 0.0167. The lowest BCUT2D eigenvalue weighted by Crippen LogP contribution is -2.32. The monoisotopic (exact) mass is 815 g/mol. The van der Waals surface area contributed by atoms with Crippen LogP contribution in [-0.4, -0.2) is 15.0 Å². The van der Waals surface area contributed by atoms with Gasteiger partial charge in [0.05, 0.1) is 28.0 Å². The summed E-state index contributed by atoms with van der Waals surface area (Å²) in [6.07, 6.45) is 0. The molecular formula is C60H37N3O. The van der Waals surface area contributed by atoms with Crippen LogP contribution >= 0.6 is 0 Å². The Hall–Kier alpha value is -8.47. The molecule has 1 spiro atoms. The molecule has 0 atom stereocenters. The fourth-order valence-corrected chi connectivity index (χ4v) is 10.4. The van der Waals surface area contributed by atoms with Gasteiger partial charge in [-0.25, -0.2) is 15.0 Å². The zero-order valence-electron chi connectivity index (χ0n) is 34.6. The summed E-state index contributed by atoms with van der Waals surface area (Å²) in [7, 11) is 0. The number of para-hydroxylation sites is 2. The maximum absolute atomic E-state index is 6.66. The van der Waals surface area contributed by atoms with Crippen molar-refractivity contribution in [1.82, 2.24) is 15.0 Å². The normalized spacial score (nSPS) is 12.9. The highest BCUT2D eigenvalue weighted by Crippen LogP contribution is 2.63. The Balaban J connectivity index is 1.04. The van der Waals surface area contributed by atoms with Crippen molar-refractivity contribution in [2.75, 3.05) is 0 Å². The summed E-state index contributed by atoms with van der Waals surface area (Å²) in [5, 5.41) is 3.44. The first-order valence-electron chi connectivity index (χ1n) is 21.8. The largest absolute Gasteiger partial charge is 0.457 e. The van der Waals surface area contributed by atoms with Gasteiger partial charge in [-0.05, 0) is 63.7 Å². The average molecular weight is 816 g/mol. The maximum Gasteiger partial charge on any atom is 0.160 e. The molecule has 2 aromatic heterocycles. The third-order valence-electron chi connectivity index (χ3n) is 13.1. The second kappa shape index (κ2) is 14.3. The van der Waals surface area contributed by atoms with Gasteiger partial charge < -0.3 is 4.74 Å². The van der Waals surface area contributed by atoms with Crippen LogP contribution in [0.2, 0.25) is 0 Å². The highest BCUT2D eigenvalue weighted by atomic mass is 16.5. The second-order valence-corrected chi connectivity index (χ2v) is 16.6. The minimum atomic E-state index is -0.573. The number of fused-ring (bicyclic) bond motifs is 13. The van der Waals surface area contributed by atoms with E-state index < -0.39 is 5.41 Å². The van der Waals surface area contributed by atoms with Crippen molar-refractivity contribution in [3.8, 4) is 78.9 Å². The smallest absolute Gasteiger partial charge is 0.160 e. The van der Waals surface area contributed by atoms with Crippen molar-refractivity contribution in [2.45, 2.75) is 5.41 Å². The predicted octanol–water partition coefficient (Wildman–Crippen LogP) is 15.0. The molecule has 0 bridgehead atoms. The lowest BCUT2D eigenvalue weighted by molar-refractivity contribution is 0.436. The van der Waals surface area contributed by atoms with Crippen molar-refractivity contribution >= 4 is 21.7 Å². The lowest BCUT2D eigenvalue weighted by Gasteiger charge is -2.39. The molecule has 4 nitrogen and oxygen atoms in total. The number of rotatable bonds is 5. The average Bonchev–Trinajstić information content (AvgIpc) is 3.67. The van der Waals surface area contributed by atoms with Gasteiger partial charge in [-0.3, -0.25) is 0 Å². The lowest BCUT2D eigenvalue weighted by atomic mass is 9.66. The van der Waals surface area contributed by atoms with Gasteiger partial charge in [0.15, 0.2) is 5.82 Å². The Kier molecular flexibility index (Phi) is 8.09. The maximum atomic E-state index is 6.66. The minimum Gasteiger partial charge on any atom is -0.457 e. The van der Waals surface area contributed by atoms with E-state index in [1.165, 1.54) is 27.6 Å². The SMILES string of the molecule is c1ccc(-c2cc(-c3cccc(-c4ccc5c(c4)nc(-c4ccccc4)c4ccc6c(c45)-c4ccccc4C64c5ccccc5Oc5ccccc54)c3)nc(-c3ccccc3)n2)cc1. The summed E-state index contributed by atoms with van der Waals surface area (Å²) in [6, 6.07) is 79.5. The Labute approximate surface area is 370 Å². The van der Waals surface area contributed by atoms with Crippen LogP contribution in [0.5, 0.6) is 11.5 Å². The van der Waals surface area contributed by atoms with E-state index in [0.717, 1.165) is 89.4 Å². The quantitative estimate of drug-likeness (QED) is 0.162. The molecule has 0 radical (unpaired) electrons. The summed E-state index contributed by atoms with van der Waals surface area (Å²) in [6.45, 7) is 0. The summed E-state index contributed by atoms with van der Waals surface area (Å²) in [5.74, 6) is 2.46. The molecule has 1 aliphatic heterocycles. The van der Waals surface area contributed by atoms with Gasteiger partial charge in [0, 0.05) is 49.5 Å². The van der Waals surface area contributed by atoms with Crippen LogP contribution in [0.25, 0.3) is 89.1 Å². The molecule has 13 rings (SSSR count). The van der Waals surface area contributed by atoms with Crippen LogP contribution in [0.4, 0.5) is 0 Å². The predicted molar refractivity (Wildman–Crippen MR) is 259 cm³/mol. The minimum absolute atomic E-state index is 0.573. The third-order valence-corrected chi connectivity index (χ3v) is 13.1. The first-order valence-corrected chi connectivity index (χ1v) is 21.8. The Morgan fingerprint density at radius 2 is 0.891 bits per heavy atom. The van der Waals surface area contributed by atoms with Crippen molar-refractivity contribution < 1.29 is 4.74 Å². The van der Waals surface area contributed by atoms with E-state index in [2.05, 4.69) is 188 Å². The molecule has 298 valence electrons. The highest BCUT2D eigenvalue weighted by Gasteiger charge is 2.51. The number of aromatic nitrogens is 3. The number of nitrogens with zero attached hydrogens (tertiary/aromatic N) is 3. The van der Waals surface area contributed by atoms with Gasteiger partial charge in [0.25, 0.3) is 0 Å². The van der Waals surface area contributed by atoms with Crippen LogP contribution in [0.1, 0.15) is 22.3 Å². The van der Waals surface area contributed by atoms with E-state index in [0.29, 0.717) is 5.82 Å². The van der Waals surface area contributed by atoms with Crippen LogP contribution in [0.3, 0.4) is 0 Å². The summed E-state index contributed by atoms with van der Waals surface area (Å²) in [5.41, 5.74) is 16.7. The van der Waals surface area contributed by atoms with E-state index in [4.69, 9.17) is 19.7 Å². The second-order valence-electron chi connectivity index (χ2n) is 16.6.